The van der Waals surface area contributed by atoms with E-state index in [2.05, 4.69) is 0 Å². The number of rotatable bonds is 5. The van der Waals surface area contributed by atoms with Crippen molar-refractivity contribution in [1.29, 1.82) is 0 Å². The molecule has 0 saturated heterocycles. The van der Waals surface area contributed by atoms with E-state index >= 15 is 0 Å². The minimum Gasteiger partial charge on any atom is -0.496 e. The second-order valence-electron chi connectivity index (χ2n) is 4.21. The number of hydrogen-bond donors (Lipinski definition) is 0. The molecule has 106 valence electrons. The molecule has 2 aromatic carbocycles. The second kappa shape index (κ2) is 6.47. The SMILES string of the molecule is COc1ccccc1/C=C/C(=O)c1ccccc1[N+](=O)[O-]. The number of para-hydroxylation sites is 2. The second-order valence-corrected chi connectivity index (χ2v) is 4.21. The lowest BCUT2D eigenvalue weighted by molar-refractivity contribution is -0.385. The lowest BCUT2D eigenvalue weighted by Crippen LogP contribution is -2.00. The third-order valence-electron chi connectivity index (χ3n) is 2.92. The molecule has 0 radical (unpaired) electrons. The Morgan fingerprint density at radius 3 is 2.52 bits per heavy atom. The molecule has 0 unspecified atom stereocenters. The number of nitro groups is 1. The van der Waals surface area contributed by atoms with Gasteiger partial charge in [0.05, 0.1) is 17.6 Å². The number of benzene rings is 2. The maximum absolute atomic E-state index is 12.1. The molecule has 0 amide bonds. The van der Waals surface area contributed by atoms with Gasteiger partial charge in [0.1, 0.15) is 5.75 Å². The summed E-state index contributed by atoms with van der Waals surface area (Å²) in [7, 11) is 1.54. The fourth-order valence-corrected chi connectivity index (χ4v) is 1.90. The van der Waals surface area contributed by atoms with Crippen LogP contribution in [0.5, 0.6) is 5.75 Å². The first kappa shape index (κ1) is 14.5. The highest BCUT2D eigenvalue weighted by Crippen LogP contribution is 2.21. The highest BCUT2D eigenvalue weighted by Gasteiger charge is 2.16. The summed E-state index contributed by atoms with van der Waals surface area (Å²) in [5.41, 5.74) is 0.591. The Labute approximate surface area is 121 Å². The van der Waals surface area contributed by atoms with Gasteiger partial charge in [-0.3, -0.25) is 14.9 Å². The maximum atomic E-state index is 12.1. The molecule has 0 fully saturated rings. The molecule has 0 N–H and O–H groups in total. The molecular weight excluding hydrogens is 270 g/mol. The maximum Gasteiger partial charge on any atom is 0.280 e. The van der Waals surface area contributed by atoms with E-state index in [9.17, 15) is 14.9 Å². The molecule has 0 saturated carbocycles. The summed E-state index contributed by atoms with van der Waals surface area (Å²) in [5.74, 6) is 0.206. The van der Waals surface area contributed by atoms with Gasteiger partial charge < -0.3 is 4.74 Å². The molecular formula is C16H13NO4. The average Bonchev–Trinajstić information content (AvgIpc) is 2.52. The monoisotopic (exact) mass is 283 g/mol. The smallest absolute Gasteiger partial charge is 0.280 e. The Hall–Kier alpha value is -2.95. The fraction of sp³-hybridized carbons (Fsp3) is 0.0625. The third kappa shape index (κ3) is 3.33. The van der Waals surface area contributed by atoms with E-state index in [1.165, 1.54) is 31.4 Å². The number of carbonyl (C=O) groups excluding carboxylic acids is 1. The molecule has 5 heteroatoms. The lowest BCUT2D eigenvalue weighted by Gasteiger charge is -2.03. The van der Waals surface area contributed by atoms with Gasteiger partial charge in [-0.15, -0.1) is 0 Å². The third-order valence-corrected chi connectivity index (χ3v) is 2.92. The van der Waals surface area contributed by atoms with E-state index in [0.29, 0.717) is 5.75 Å². The van der Waals surface area contributed by atoms with Crippen molar-refractivity contribution in [2.75, 3.05) is 7.11 Å². The molecule has 0 aliphatic heterocycles. The Morgan fingerprint density at radius 1 is 1.14 bits per heavy atom. The minimum atomic E-state index is -0.565. The largest absolute Gasteiger partial charge is 0.496 e. The van der Waals surface area contributed by atoms with Gasteiger partial charge in [-0.2, -0.15) is 0 Å². The number of carbonyl (C=O) groups is 1. The zero-order chi connectivity index (χ0) is 15.2. The van der Waals surface area contributed by atoms with Gasteiger partial charge in [0.25, 0.3) is 5.69 Å². The fourth-order valence-electron chi connectivity index (χ4n) is 1.90. The predicted octanol–water partition coefficient (Wildman–Crippen LogP) is 3.50. The summed E-state index contributed by atoms with van der Waals surface area (Å²) >= 11 is 0. The van der Waals surface area contributed by atoms with Crippen molar-refractivity contribution >= 4 is 17.5 Å². The number of methoxy groups -OCH3 is 1. The molecule has 0 spiro atoms. The molecule has 0 aliphatic rings. The number of nitrogens with zero attached hydrogens (tertiary/aromatic N) is 1. The number of ether oxygens (including phenoxy) is 1. The Bertz CT molecular complexity index is 707. The number of allylic oxidation sites excluding steroid dienone is 1. The van der Waals surface area contributed by atoms with Crippen LogP contribution in [0.15, 0.2) is 54.6 Å². The molecule has 0 atom stereocenters. The van der Waals surface area contributed by atoms with Crippen LogP contribution in [0.25, 0.3) is 6.08 Å². The van der Waals surface area contributed by atoms with Crippen molar-refractivity contribution in [3.8, 4) is 5.75 Å². The van der Waals surface area contributed by atoms with Crippen LogP contribution in [0.3, 0.4) is 0 Å². The van der Waals surface area contributed by atoms with Gasteiger partial charge in [0, 0.05) is 11.6 Å². The minimum absolute atomic E-state index is 0.0636. The van der Waals surface area contributed by atoms with Crippen molar-refractivity contribution in [3.05, 3.63) is 75.8 Å². The highest BCUT2D eigenvalue weighted by molar-refractivity contribution is 6.09. The van der Waals surface area contributed by atoms with Crippen LogP contribution in [0, 0.1) is 10.1 Å². The molecule has 0 aromatic heterocycles. The first-order valence-corrected chi connectivity index (χ1v) is 6.22. The number of ketones is 1. The van der Waals surface area contributed by atoms with Gasteiger partial charge in [0.2, 0.25) is 0 Å². The van der Waals surface area contributed by atoms with Crippen LogP contribution < -0.4 is 4.74 Å². The Balaban J connectivity index is 2.30. The van der Waals surface area contributed by atoms with Gasteiger partial charge in [-0.05, 0) is 24.3 Å². The summed E-state index contributed by atoms with van der Waals surface area (Å²) in [6.07, 6.45) is 2.89. The summed E-state index contributed by atoms with van der Waals surface area (Å²) in [5, 5.41) is 10.9. The van der Waals surface area contributed by atoms with E-state index in [-0.39, 0.29) is 11.3 Å². The van der Waals surface area contributed by atoms with Gasteiger partial charge in [-0.25, -0.2) is 0 Å². The molecule has 2 rings (SSSR count). The zero-order valence-electron chi connectivity index (χ0n) is 11.4. The van der Waals surface area contributed by atoms with Crippen LogP contribution in [0.4, 0.5) is 5.69 Å². The predicted molar refractivity (Wildman–Crippen MR) is 79.5 cm³/mol. The van der Waals surface area contributed by atoms with Gasteiger partial charge >= 0.3 is 0 Å². The van der Waals surface area contributed by atoms with Gasteiger partial charge in [-0.1, -0.05) is 30.3 Å². The van der Waals surface area contributed by atoms with Crippen molar-refractivity contribution in [2.24, 2.45) is 0 Å². The normalized spacial score (nSPS) is 10.5. The summed E-state index contributed by atoms with van der Waals surface area (Å²) < 4.78 is 5.17. The molecule has 0 bridgehead atoms. The average molecular weight is 283 g/mol. The highest BCUT2D eigenvalue weighted by atomic mass is 16.6. The van der Waals surface area contributed by atoms with Crippen molar-refractivity contribution in [2.45, 2.75) is 0 Å². The summed E-state index contributed by atoms with van der Waals surface area (Å²) in [6, 6.07) is 13.1. The van der Waals surface area contributed by atoms with E-state index in [0.717, 1.165) is 5.56 Å². The lowest BCUT2D eigenvalue weighted by atomic mass is 10.1. The van der Waals surface area contributed by atoms with Crippen LogP contribution in [-0.4, -0.2) is 17.8 Å². The quantitative estimate of drug-likeness (QED) is 0.364. The Morgan fingerprint density at radius 2 is 1.81 bits per heavy atom. The van der Waals surface area contributed by atoms with Crippen LogP contribution in [0.1, 0.15) is 15.9 Å². The molecule has 5 nitrogen and oxygen atoms in total. The molecule has 0 heterocycles. The summed E-state index contributed by atoms with van der Waals surface area (Å²) in [6.45, 7) is 0. The van der Waals surface area contributed by atoms with Crippen molar-refractivity contribution < 1.29 is 14.5 Å². The first-order valence-electron chi connectivity index (χ1n) is 6.22. The topological polar surface area (TPSA) is 69.4 Å². The van der Waals surface area contributed by atoms with E-state index in [1.807, 2.05) is 12.1 Å². The van der Waals surface area contributed by atoms with Crippen LogP contribution in [-0.2, 0) is 0 Å². The number of hydrogen-bond acceptors (Lipinski definition) is 4. The summed E-state index contributed by atoms with van der Waals surface area (Å²) in [4.78, 5) is 22.5. The molecule has 21 heavy (non-hydrogen) atoms. The van der Waals surface area contributed by atoms with Crippen LogP contribution >= 0.6 is 0 Å². The molecule has 0 aliphatic carbocycles. The van der Waals surface area contributed by atoms with E-state index < -0.39 is 10.7 Å². The molecule has 2 aromatic rings. The van der Waals surface area contributed by atoms with Gasteiger partial charge in [0.15, 0.2) is 5.78 Å². The van der Waals surface area contributed by atoms with E-state index in [4.69, 9.17) is 4.74 Å². The Kier molecular flexibility index (Phi) is 4.46. The number of nitro benzene ring substituents is 1. The van der Waals surface area contributed by atoms with E-state index in [1.54, 1.807) is 24.3 Å². The standard InChI is InChI=1S/C16H13NO4/c1-21-16-9-5-2-6-12(16)10-11-15(18)13-7-3-4-8-14(13)17(19)20/h2-11H,1H3/b11-10+. The zero-order valence-corrected chi connectivity index (χ0v) is 11.4. The van der Waals surface area contributed by atoms with Crippen molar-refractivity contribution in [1.82, 2.24) is 0 Å². The van der Waals surface area contributed by atoms with Crippen LogP contribution in [0.2, 0.25) is 0 Å². The van der Waals surface area contributed by atoms with Crippen molar-refractivity contribution in [3.63, 3.8) is 0 Å². The first-order chi connectivity index (χ1) is 10.1.